The van der Waals surface area contributed by atoms with Gasteiger partial charge in [0.1, 0.15) is 29.9 Å². The molecule has 0 spiro atoms. The van der Waals surface area contributed by atoms with Crippen LogP contribution < -0.4 is 16.4 Å². The number of nitrogens with two attached hydrogens (primary N) is 1. The van der Waals surface area contributed by atoms with Crippen molar-refractivity contribution < 1.29 is 80.5 Å². The Balaban J connectivity index is 1.66. The number of hydrogen-bond donors (Lipinski definition) is 10. The molecule has 3 heterocycles. The van der Waals surface area contributed by atoms with E-state index in [-0.39, 0.29) is 41.7 Å². The number of aliphatic hydroxyl groups excluding tert-OH is 2. The van der Waals surface area contributed by atoms with Crippen LogP contribution in [0.2, 0.25) is 0 Å². The minimum absolute atomic E-state index is 0.0456. The largest absolute Gasteiger partial charge is 0.481 e. The number of hydrogen-bond acceptors (Lipinski definition) is 18. The summed E-state index contributed by atoms with van der Waals surface area (Å²) in [6.45, 7) is 1.74. The van der Waals surface area contributed by atoms with Gasteiger partial charge in [0.15, 0.2) is 29.3 Å². The topological polar surface area (TPSA) is 364 Å². The van der Waals surface area contributed by atoms with Crippen LogP contribution in [0.25, 0.3) is 11.2 Å². The van der Waals surface area contributed by atoms with Crippen molar-refractivity contribution in [1.29, 1.82) is 0 Å². The van der Waals surface area contributed by atoms with Crippen molar-refractivity contribution in [3.8, 4) is 0 Å². The van der Waals surface area contributed by atoms with Gasteiger partial charge in [-0.25, -0.2) is 28.6 Å². The Hall–Kier alpha value is -2.44. The van der Waals surface area contributed by atoms with Gasteiger partial charge in [-0.05, 0) is 0 Å². The third kappa shape index (κ3) is 12.0. The maximum Gasteiger partial charge on any atom is 0.481 e. The van der Waals surface area contributed by atoms with Gasteiger partial charge in [0.05, 0.1) is 19.5 Å². The summed E-state index contributed by atoms with van der Waals surface area (Å²) in [7, 11) is -16.5. The SMILES string of the molecule is CC(=O)c1nc(N)c2ncn([C@@H]3O[C@H](COP(=O)(O)OP(=O)(O)OCC(C)(C)[C@@H](O)C(=O)NCCC(=O)NCCS)[C@@H](OP(=O)(O)O)[C@H]3O)c2n1. The Kier molecular flexibility index (Phi) is 14.4. The molecule has 2 aromatic rings. The van der Waals surface area contributed by atoms with Gasteiger partial charge in [0.2, 0.25) is 11.8 Å². The highest BCUT2D eigenvalue weighted by atomic mass is 32.1. The van der Waals surface area contributed by atoms with Gasteiger partial charge in [-0.2, -0.15) is 16.9 Å². The summed E-state index contributed by atoms with van der Waals surface area (Å²) in [5.74, 6) is -2.10. The lowest BCUT2D eigenvalue weighted by molar-refractivity contribution is -0.137. The fraction of sp³-hybridized carbons (Fsp3) is 0.652. The first-order valence-electron chi connectivity index (χ1n) is 14.5. The minimum Gasteiger partial charge on any atom is -0.386 e. The molecule has 51 heavy (non-hydrogen) atoms. The van der Waals surface area contributed by atoms with E-state index in [0.717, 1.165) is 17.8 Å². The Morgan fingerprint density at radius 3 is 2.35 bits per heavy atom. The second-order valence-corrected chi connectivity index (χ2v) is 16.2. The smallest absolute Gasteiger partial charge is 0.386 e. The molecular formula is C23H38N7O17P3S. The first-order chi connectivity index (χ1) is 23.5. The van der Waals surface area contributed by atoms with E-state index in [1.165, 1.54) is 13.8 Å². The number of carbonyl (C=O) groups is 3. The molecule has 0 aliphatic carbocycles. The predicted octanol–water partition coefficient (Wildman–Crippen LogP) is -1.46. The molecule has 24 nitrogen and oxygen atoms in total. The number of aliphatic hydroxyl groups is 2. The second kappa shape index (κ2) is 17.1. The van der Waals surface area contributed by atoms with Crippen molar-refractivity contribution in [2.45, 2.75) is 57.8 Å². The van der Waals surface area contributed by atoms with Crippen LogP contribution in [0.4, 0.5) is 5.82 Å². The summed E-state index contributed by atoms with van der Waals surface area (Å²) in [5.41, 5.74) is 4.04. The zero-order valence-electron chi connectivity index (χ0n) is 27.0. The first-order valence-corrected chi connectivity index (χ1v) is 19.7. The number of anilines is 1. The summed E-state index contributed by atoms with van der Waals surface area (Å²) in [6, 6.07) is 0. The number of rotatable bonds is 19. The van der Waals surface area contributed by atoms with Crippen molar-refractivity contribution in [1.82, 2.24) is 30.2 Å². The lowest BCUT2D eigenvalue weighted by atomic mass is 9.87. The number of ether oxygens (including phenoxy) is 1. The van der Waals surface area contributed by atoms with Gasteiger partial charge in [0.25, 0.3) is 0 Å². The Labute approximate surface area is 294 Å². The molecule has 1 aliphatic heterocycles. The van der Waals surface area contributed by atoms with Crippen molar-refractivity contribution in [2.75, 3.05) is 37.8 Å². The zero-order valence-corrected chi connectivity index (χ0v) is 30.6. The summed E-state index contributed by atoms with van der Waals surface area (Å²) >= 11 is 3.95. The summed E-state index contributed by atoms with van der Waals surface area (Å²) in [6.07, 6.45) is -8.30. The Morgan fingerprint density at radius 1 is 1.10 bits per heavy atom. The van der Waals surface area contributed by atoms with E-state index in [2.05, 4.69) is 47.0 Å². The number of ketones is 1. The number of imidazole rings is 1. The van der Waals surface area contributed by atoms with Gasteiger partial charge in [-0.3, -0.25) is 32.5 Å². The van der Waals surface area contributed by atoms with Crippen molar-refractivity contribution >= 4 is 70.7 Å². The summed E-state index contributed by atoms with van der Waals surface area (Å²) in [4.78, 5) is 86.8. The normalized spacial score (nSPS) is 22.6. The third-order valence-electron chi connectivity index (χ3n) is 6.89. The van der Waals surface area contributed by atoms with E-state index in [4.69, 9.17) is 19.5 Å². The minimum atomic E-state index is -5.59. The third-order valence-corrected chi connectivity index (χ3v) is 10.2. The standard InChI is InChI=1S/C23H38N7O17P3S/c1-11(31)19-28-18(24)14-20(29-19)30(10-27-14)22-15(33)16(46-48(36,37)38)12(45-22)8-43-49(39,40)47-50(41,42)44-9-23(2,3)17(34)21(35)26-5-4-13(32)25-6-7-51/h10,12,15-17,22,33-34,51H,4-9H2,1-3H3,(H,25,32)(H,26,35)(H,39,40)(H,41,42)(H2,24,28,29)(H2,36,37,38)/t12-,15-,16-,17+,22-/m1/s1. The van der Waals surface area contributed by atoms with Crippen LogP contribution in [-0.4, -0.2) is 123 Å². The molecule has 1 fully saturated rings. The molecule has 2 aromatic heterocycles. The molecule has 2 amide bonds. The Bertz CT molecular complexity index is 1740. The van der Waals surface area contributed by atoms with E-state index in [1.807, 2.05) is 0 Å². The average Bonchev–Trinajstić information content (AvgIpc) is 3.57. The molecule has 0 aromatic carbocycles. The monoisotopic (exact) mass is 809 g/mol. The molecule has 288 valence electrons. The molecule has 1 aliphatic rings. The number of thiol groups is 1. The molecule has 10 N–H and O–H groups in total. The lowest BCUT2D eigenvalue weighted by Crippen LogP contribution is -2.46. The maximum atomic E-state index is 12.6. The van der Waals surface area contributed by atoms with Gasteiger partial charge in [0, 0.05) is 37.6 Å². The summed E-state index contributed by atoms with van der Waals surface area (Å²) < 4.78 is 61.8. The molecule has 28 heteroatoms. The summed E-state index contributed by atoms with van der Waals surface area (Å²) in [5, 5.41) is 26.2. The number of fused-ring (bicyclic) bond motifs is 1. The van der Waals surface area contributed by atoms with Crippen LogP contribution in [0.15, 0.2) is 6.33 Å². The van der Waals surface area contributed by atoms with Crippen LogP contribution in [0.5, 0.6) is 0 Å². The number of carbonyl (C=O) groups excluding carboxylic acids is 3. The van der Waals surface area contributed by atoms with Crippen molar-refractivity contribution in [2.24, 2.45) is 5.41 Å². The molecule has 3 rings (SSSR count). The molecule has 0 saturated carbocycles. The van der Waals surface area contributed by atoms with Crippen LogP contribution in [0, 0.1) is 5.41 Å². The maximum absolute atomic E-state index is 12.6. The molecule has 1 saturated heterocycles. The highest BCUT2D eigenvalue weighted by Gasteiger charge is 2.50. The van der Waals surface area contributed by atoms with Crippen LogP contribution in [0.3, 0.4) is 0 Å². The van der Waals surface area contributed by atoms with E-state index >= 15 is 0 Å². The number of nitrogen functional groups attached to an aromatic ring is 1. The fourth-order valence-electron chi connectivity index (χ4n) is 4.36. The lowest BCUT2D eigenvalue weighted by Gasteiger charge is -2.30. The molecular weight excluding hydrogens is 771 g/mol. The fourth-order valence-corrected chi connectivity index (χ4v) is 7.30. The molecule has 0 radical (unpaired) electrons. The quantitative estimate of drug-likeness (QED) is 0.0440. The number of amides is 2. The van der Waals surface area contributed by atoms with E-state index in [0.29, 0.717) is 12.3 Å². The number of nitrogens with one attached hydrogen (secondary N) is 2. The van der Waals surface area contributed by atoms with E-state index in [1.54, 1.807) is 0 Å². The molecule has 7 atom stereocenters. The average molecular weight is 810 g/mol. The van der Waals surface area contributed by atoms with Crippen LogP contribution in [-0.2, 0) is 45.9 Å². The number of nitrogens with zero attached hydrogens (tertiary/aromatic N) is 4. The van der Waals surface area contributed by atoms with Crippen molar-refractivity contribution in [3.05, 3.63) is 12.2 Å². The van der Waals surface area contributed by atoms with E-state index in [9.17, 15) is 57.9 Å². The van der Waals surface area contributed by atoms with Crippen LogP contribution in [0.1, 0.15) is 44.0 Å². The van der Waals surface area contributed by atoms with Gasteiger partial charge >= 0.3 is 23.5 Å². The van der Waals surface area contributed by atoms with E-state index < -0.39 is 84.4 Å². The number of phosphoric ester groups is 3. The highest BCUT2D eigenvalue weighted by molar-refractivity contribution is 7.80. The van der Waals surface area contributed by atoms with Gasteiger partial charge in [-0.15, -0.1) is 0 Å². The van der Waals surface area contributed by atoms with Gasteiger partial charge < -0.3 is 50.9 Å². The van der Waals surface area contributed by atoms with Gasteiger partial charge in [-0.1, -0.05) is 13.8 Å². The van der Waals surface area contributed by atoms with Crippen LogP contribution >= 0.6 is 36.1 Å². The Morgan fingerprint density at radius 2 is 1.75 bits per heavy atom. The zero-order chi connectivity index (χ0) is 38.5. The number of Topliss-reactive ketones (excluding diaryl/α,β-unsaturated/α-hetero) is 1. The predicted molar refractivity (Wildman–Crippen MR) is 173 cm³/mol. The first kappa shape index (κ1) is 43.0. The number of aromatic nitrogens is 4. The number of phosphoric acid groups is 3. The second-order valence-electron chi connectivity index (χ2n) is 11.5. The molecule has 0 bridgehead atoms. The highest BCUT2D eigenvalue weighted by Crippen LogP contribution is 2.61. The van der Waals surface area contributed by atoms with Crippen molar-refractivity contribution in [3.63, 3.8) is 0 Å². The molecule has 2 unspecified atom stereocenters.